The fraction of sp³-hybridized carbons (Fsp3) is 0.850. The van der Waals surface area contributed by atoms with E-state index in [0.717, 1.165) is 77.2 Å². The molecule has 0 aliphatic heterocycles. The second-order valence-corrected chi connectivity index (χ2v) is 13.3. The fourth-order valence-corrected chi connectivity index (χ4v) is 5.50. The average Bonchev–Trinajstić information content (AvgIpc) is 3.01. The zero-order valence-corrected chi connectivity index (χ0v) is 30.5. The third kappa shape index (κ3) is 35.1. The summed E-state index contributed by atoms with van der Waals surface area (Å²) in [4.78, 5) is 26.5. The van der Waals surface area contributed by atoms with E-state index in [9.17, 15) is 9.59 Å². The minimum Gasteiger partial charge on any atom is -0.464 e. The number of unbranched alkanes of at least 4 members (excludes halogenated alkanes) is 18. The van der Waals surface area contributed by atoms with Gasteiger partial charge >= 0.3 is 11.9 Å². The molecule has 0 amide bonds. The van der Waals surface area contributed by atoms with Crippen molar-refractivity contribution in [2.24, 2.45) is 0 Å². The Balaban J connectivity index is 4.03. The van der Waals surface area contributed by atoms with Gasteiger partial charge in [0.2, 0.25) is 0 Å². The molecule has 0 saturated heterocycles. The molecule has 0 fully saturated rings. The number of nitrogens with zero attached hydrogens (tertiary/aromatic N) is 1. The molecule has 5 heteroatoms. The molecule has 0 radical (unpaired) electrons. The summed E-state index contributed by atoms with van der Waals surface area (Å²) in [6.45, 7) is 5.76. The molecule has 1 unspecified atom stereocenters. The Labute approximate surface area is 280 Å². The van der Waals surface area contributed by atoms with Crippen LogP contribution in [0.3, 0.4) is 0 Å². The molecule has 0 rings (SSSR count). The molecule has 0 aromatic heterocycles. The van der Waals surface area contributed by atoms with Crippen molar-refractivity contribution in [3.8, 4) is 0 Å². The maximum Gasteiger partial charge on any atom is 0.306 e. The maximum absolute atomic E-state index is 12.6. The van der Waals surface area contributed by atoms with Crippen LogP contribution in [0, 0.1) is 0 Å². The summed E-state index contributed by atoms with van der Waals surface area (Å²) in [7, 11) is 3.96. The number of esters is 2. The molecule has 0 N–H and O–H groups in total. The SMILES string of the molecule is CCCCC/C=C\C/C=C\CCCCCCCC(=O)OC(CCCCCCCC)CCCCCCCCC(=O)OCCN(C)C. The maximum atomic E-state index is 12.6. The summed E-state index contributed by atoms with van der Waals surface area (Å²) >= 11 is 0. The number of likely N-dealkylation sites (N-methyl/N-ethyl adjacent to an activating group) is 1. The van der Waals surface area contributed by atoms with Gasteiger partial charge < -0.3 is 14.4 Å². The van der Waals surface area contributed by atoms with Gasteiger partial charge in [0, 0.05) is 19.4 Å². The van der Waals surface area contributed by atoms with E-state index >= 15 is 0 Å². The number of hydrogen-bond acceptors (Lipinski definition) is 5. The lowest BCUT2D eigenvalue weighted by molar-refractivity contribution is -0.150. The van der Waals surface area contributed by atoms with Crippen LogP contribution in [0.25, 0.3) is 0 Å². The molecule has 0 saturated carbocycles. The van der Waals surface area contributed by atoms with E-state index in [0.29, 0.717) is 19.4 Å². The van der Waals surface area contributed by atoms with Crippen molar-refractivity contribution in [3.05, 3.63) is 24.3 Å². The van der Waals surface area contributed by atoms with Crippen molar-refractivity contribution in [3.63, 3.8) is 0 Å². The molecule has 0 heterocycles. The molecular weight excluding hydrogens is 558 g/mol. The van der Waals surface area contributed by atoms with E-state index in [1.165, 1.54) is 89.9 Å². The largest absolute Gasteiger partial charge is 0.464 e. The highest BCUT2D eigenvalue weighted by atomic mass is 16.5. The highest BCUT2D eigenvalue weighted by Crippen LogP contribution is 2.18. The van der Waals surface area contributed by atoms with Gasteiger partial charge in [0.15, 0.2) is 0 Å². The second kappa shape index (κ2) is 35.2. The first-order valence-electron chi connectivity index (χ1n) is 19.3. The van der Waals surface area contributed by atoms with Gasteiger partial charge in [-0.15, -0.1) is 0 Å². The van der Waals surface area contributed by atoms with E-state index in [4.69, 9.17) is 9.47 Å². The third-order valence-corrected chi connectivity index (χ3v) is 8.47. The van der Waals surface area contributed by atoms with Crippen LogP contribution < -0.4 is 0 Å². The van der Waals surface area contributed by atoms with Crippen LogP contribution in [0.2, 0.25) is 0 Å². The van der Waals surface area contributed by atoms with E-state index in [-0.39, 0.29) is 18.0 Å². The van der Waals surface area contributed by atoms with Crippen LogP contribution in [0.1, 0.15) is 187 Å². The van der Waals surface area contributed by atoms with Crippen LogP contribution in [0.5, 0.6) is 0 Å². The Morgan fingerprint density at radius 2 is 1.00 bits per heavy atom. The summed E-state index contributed by atoms with van der Waals surface area (Å²) < 4.78 is 11.3. The first kappa shape index (κ1) is 43.4. The van der Waals surface area contributed by atoms with Gasteiger partial charge in [0.25, 0.3) is 0 Å². The van der Waals surface area contributed by atoms with Crippen molar-refractivity contribution < 1.29 is 19.1 Å². The van der Waals surface area contributed by atoms with Crippen molar-refractivity contribution in [2.45, 2.75) is 193 Å². The van der Waals surface area contributed by atoms with Gasteiger partial charge in [0.1, 0.15) is 12.7 Å². The molecular formula is C40H75NO4. The van der Waals surface area contributed by atoms with E-state index in [1.54, 1.807) is 0 Å². The first-order valence-corrected chi connectivity index (χ1v) is 19.3. The van der Waals surface area contributed by atoms with Crippen LogP contribution in [0.15, 0.2) is 24.3 Å². The van der Waals surface area contributed by atoms with Gasteiger partial charge in [0.05, 0.1) is 0 Å². The molecule has 0 aliphatic rings. The predicted molar refractivity (Wildman–Crippen MR) is 194 cm³/mol. The highest BCUT2D eigenvalue weighted by molar-refractivity contribution is 5.69. The number of allylic oxidation sites excluding steroid dienone is 4. The quantitative estimate of drug-likeness (QED) is 0.0401. The Morgan fingerprint density at radius 1 is 0.556 bits per heavy atom. The summed E-state index contributed by atoms with van der Waals surface area (Å²) in [5.41, 5.74) is 0. The lowest BCUT2D eigenvalue weighted by Gasteiger charge is -2.18. The van der Waals surface area contributed by atoms with Crippen molar-refractivity contribution in [1.29, 1.82) is 0 Å². The molecule has 0 aromatic carbocycles. The fourth-order valence-electron chi connectivity index (χ4n) is 5.50. The zero-order chi connectivity index (χ0) is 33.1. The smallest absolute Gasteiger partial charge is 0.306 e. The predicted octanol–water partition coefficient (Wildman–Crippen LogP) is 11.7. The van der Waals surface area contributed by atoms with Crippen LogP contribution >= 0.6 is 0 Å². The number of carbonyl (C=O) groups is 2. The normalized spacial score (nSPS) is 12.5. The summed E-state index contributed by atoms with van der Waals surface area (Å²) in [6, 6.07) is 0. The van der Waals surface area contributed by atoms with Gasteiger partial charge in [-0.25, -0.2) is 0 Å². The van der Waals surface area contributed by atoms with Crippen LogP contribution in [0.4, 0.5) is 0 Å². The second-order valence-electron chi connectivity index (χ2n) is 13.3. The van der Waals surface area contributed by atoms with Gasteiger partial charge in [-0.05, 0) is 84.7 Å². The summed E-state index contributed by atoms with van der Waals surface area (Å²) in [6.07, 6.45) is 39.8. The zero-order valence-electron chi connectivity index (χ0n) is 30.5. The molecule has 264 valence electrons. The average molecular weight is 634 g/mol. The Morgan fingerprint density at radius 3 is 1.56 bits per heavy atom. The topological polar surface area (TPSA) is 55.8 Å². The van der Waals surface area contributed by atoms with Gasteiger partial charge in [-0.3, -0.25) is 9.59 Å². The molecule has 5 nitrogen and oxygen atoms in total. The number of hydrogen-bond donors (Lipinski definition) is 0. The van der Waals surface area contributed by atoms with Gasteiger partial charge in [-0.1, -0.05) is 128 Å². The number of carbonyl (C=O) groups excluding carboxylic acids is 2. The third-order valence-electron chi connectivity index (χ3n) is 8.47. The molecule has 0 aliphatic carbocycles. The lowest BCUT2D eigenvalue weighted by atomic mass is 10.0. The minimum atomic E-state index is -0.0731. The monoisotopic (exact) mass is 634 g/mol. The molecule has 0 spiro atoms. The van der Waals surface area contributed by atoms with E-state index < -0.39 is 0 Å². The Kier molecular flexibility index (Phi) is 34.0. The molecule has 0 aromatic rings. The summed E-state index contributed by atoms with van der Waals surface area (Å²) in [5.74, 6) is -0.0647. The van der Waals surface area contributed by atoms with E-state index in [2.05, 4.69) is 38.2 Å². The molecule has 45 heavy (non-hydrogen) atoms. The van der Waals surface area contributed by atoms with Crippen molar-refractivity contribution in [1.82, 2.24) is 4.90 Å². The van der Waals surface area contributed by atoms with Crippen molar-refractivity contribution >= 4 is 11.9 Å². The Hall–Kier alpha value is -1.62. The summed E-state index contributed by atoms with van der Waals surface area (Å²) in [5, 5.41) is 0. The minimum absolute atomic E-state index is 0.00846. The lowest BCUT2D eigenvalue weighted by Crippen LogP contribution is -2.20. The Bertz CT molecular complexity index is 702. The number of ether oxygens (including phenoxy) is 2. The standard InChI is InChI=1S/C40H75NO4/c1-5-7-9-11-13-14-15-16-17-18-19-20-21-27-31-35-40(43)45-38(32-28-24-12-10-8-6-2)33-29-25-22-23-26-30-34-39(42)44-37-36-41(3)4/h13-14,16-17,38H,5-12,15,18-37H2,1-4H3/b14-13-,17-16-. The van der Waals surface area contributed by atoms with Crippen molar-refractivity contribution in [2.75, 3.05) is 27.2 Å². The van der Waals surface area contributed by atoms with Gasteiger partial charge in [-0.2, -0.15) is 0 Å². The molecule has 1 atom stereocenters. The first-order chi connectivity index (χ1) is 22.0. The highest BCUT2D eigenvalue weighted by Gasteiger charge is 2.14. The van der Waals surface area contributed by atoms with E-state index in [1.807, 2.05) is 19.0 Å². The van der Waals surface area contributed by atoms with Crippen LogP contribution in [-0.2, 0) is 19.1 Å². The molecule has 0 bridgehead atoms. The van der Waals surface area contributed by atoms with Crippen LogP contribution in [-0.4, -0.2) is 50.2 Å². The number of rotatable bonds is 34.